The Morgan fingerprint density at radius 1 is 1.21 bits per heavy atom. The fourth-order valence-electron chi connectivity index (χ4n) is 1.71. The molecule has 0 aliphatic heterocycles. The number of benzene rings is 1. The van der Waals surface area contributed by atoms with Crippen LogP contribution in [-0.2, 0) is 4.74 Å². The van der Waals surface area contributed by atoms with E-state index < -0.39 is 17.5 Å². The van der Waals surface area contributed by atoms with Gasteiger partial charge in [0.2, 0.25) is 0 Å². The van der Waals surface area contributed by atoms with Crippen molar-refractivity contribution in [3.63, 3.8) is 0 Å². The van der Waals surface area contributed by atoms with E-state index in [1.165, 1.54) is 6.07 Å². The summed E-state index contributed by atoms with van der Waals surface area (Å²) >= 11 is 0. The van der Waals surface area contributed by atoms with Crippen molar-refractivity contribution >= 4 is 22.8 Å². The average molecular weight is 261 g/mol. The molecule has 0 fully saturated rings. The van der Waals surface area contributed by atoms with E-state index in [1.54, 1.807) is 39.0 Å². The number of carboxylic acids is 1. The van der Waals surface area contributed by atoms with Gasteiger partial charge in [-0.15, -0.1) is 0 Å². The molecule has 1 aromatic carbocycles. The number of aromatic nitrogens is 1. The van der Waals surface area contributed by atoms with E-state index in [0.717, 1.165) is 0 Å². The van der Waals surface area contributed by atoms with Crippen LogP contribution >= 0.6 is 0 Å². The molecule has 5 nitrogen and oxygen atoms in total. The van der Waals surface area contributed by atoms with Crippen molar-refractivity contribution in [2.45, 2.75) is 26.4 Å². The summed E-state index contributed by atoms with van der Waals surface area (Å²) in [6, 6.07) is 6.39. The zero-order chi connectivity index (χ0) is 14.2. The van der Waals surface area contributed by atoms with Crippen LogP contribution < -0.4 is 0 Å². The lowest BCUT2D eigenvalue weighted by Gasteiger charge is -2.19. The van der Waals surface area contributed by atoms with E-state index in [0.29, 0.717) is 16.5 Å². The molecule has 1 aromatic heterocycles. The van der Waals surface area contributed by atoms with Crippen LogP contribution in [0.1, 0.15) is 41.6 Å². The first-order chi connectivity index (χ1) is 8.76. The molecule has 0 bridgehead atoms. The molecule has 2 N–H and O–H groups in total. The Balaban J connectivity index is 2.36. The molecule has 0 amide bonds. The van der Waals surface area contributed by atoms with Crippen molar-refractivity contribution in [2.24, 2.45) is 0 Å². The number of aromatic carboxylic acids is 1. The quantitative estimate of drug-likeness (QED) is 0.815. The normalized spacial score (nSPS) is 11.5. The van der Waals surface area contributed by atoms with Crippen LogP contribution in [0.15, 0.2) is 24.3 Å². The summed E-state index contributed by atoms with van der Waals surface area (Å²) in [6.07, 6.45) is 0. The van der Waals surface area contributed by atoms with E-state index in [2.05, 4.69) is 4.98 Å². The molecular weight excluding hydrogens is 246 g/mol. The molecule has 2 aromatic rings. The Hall–Kier alpha value is -2.30. The number of carbonyl (C=O) groups is 2. The van der Waals surface area contributed by atoms with Gasteiger partial charge >= 0.3 is 11.9 Å². The standard InChI is InChI=1S/C14H15NO4/c1-14(2,3)19-13(18)8-4-5-10-9(6-8)7-11(15-10)12(16)17/h4-7,15H,1-3H3,(H,16,17). The van der Waals surface area contributed by atoms with Crippen molar-refractivity contribution in [3.05, 3.63) is 35.5 Å². The summed E-state index contributed by atoms with van der Waals surface area (Å²) in [5, 5.41) is 9.56. The molecule has 19 heavy (non-hydrogen) atoms. The molecule has 100 valence electrons. The average Bonchev–Trinajstić information content (AvgIpc) is 2.69. The third-order valence-corrected chi connectivity index (χ3v) is 2.49. The maximum atomic E-state index is 11.9. The van der Waals surface area contributed by atoms with Gasteiger partial charge in [-0.25, -0.2) is 9.59 Å². The number of ether oxygens (including phenoxy) is 1. The Morgan fingerprint density at radius 2 is 1.89 bits per heavy atom. The SMILES string of the molecule is CC(C)(C)OC(=O)c1ccc2[nH]c(C(=O)O)cc2c1. The third kappa shape index (κ3) is 2.93. The summed E-state index contributed by atoms with van der Waals surface area (Å²) in [4.78, 5) is 25.5. The highest BCUT2D eigenvalue weighted by molar-refractivity contribution is 5.98. The molecule has 5 heteroatoms. The predicted octanol–water partition coefficient (Wildman–Crippen LogP) is 2.82. The molecular formula is C14H15NO4. The first-order valence-electron chi connectivity index (χ1n) is 5.86. The lowest BCUT2D eigenvalue weighted by atomic mass is 10.1. The number of aromatic amines is 1. The lowest BCUT2D eigenvalue weighted by molar-refractivity contribution is 0.00695. The fraction of sp³-hybridized carbons (Fsp3) is 0.286. The number of carboxylic acid groups (broad SMARTS) is 1. The van der Waals surface area contributed by atoms with Crippen LogP contribution in [0.2, 0.25) is 0 Å². The third-order valence-electron chi connectivity index (χ3n) is 2.49. The van der Waals surface area contributed by atoms with E-state index in [-0.39, 0.29) is 5.69 Å². The lowest BCUT2D eigenvalue weighted by Crippen LogP contribution is -2.23. The number of fused-ring (bicyclic) bond motifs is 1. The minimum atomic E-state index is -1.03. The van der Waals surface area contributed by atoms with Crippen LogP contribution in [0.5, 0.6) is 0 Å². The minimum absolute atomic E-state index is 0.0938. The van der Waals surface area contributed by atoms with Crippen LogP contribution in [-0.4, -0.2) is 27.6 Å². The van der Waals surface area contributed by atoms with Gasteiger partial charge in [-0.3, -0.25) is 0 Å². The van der Waals surface area contributed by atoms with Crippen molar-refractivity contribution in [2.75, 3.05) is 0 Å². The van der Waals surface area contributed by atoms with E-state index >= 15 is 0 Å². The molecule has 0 saturated heterocycles. The highest BCUT2D eigenvalue weighted by atomic mass is 16.6. The summed E-state index contributed by atoms with van der Waals surface area (Å²) in [5.74, 6) is -1.46. The number of nitrogens with one attached hydrogen (secondary N) is 1. The molecule has 0 atom stereocenters. The fourth-order valence-corrected chi connectivity index (χ4v) is 1.71. The number of esters is 1. The predicted molar refractivity (Wildman–Crippen MR) is 70.4 cm³/mol. The molecule has 1 heterocycles. The maximum Gasteiger partial charge on any atom is 0.352 e. The van der Waals surface area contributed by atoms with Gasteiger partial charge in [0, 0.05) is 10.9 Å². The molecule has 0 radical (unpaired) electrons. The summed E-state index contributed by atoms with van der Waals surface area (Å²) in [7, 11) is 0. The minimum Gasteiger partial charge on any atom is -0.477 e. The van der Waals surface area contributed by atoms with E-state index in [9.17, 15) is 9.59 Å². The van der Waals surface area contributed by atoms with Crippen LogP contribution in [0, 0.1) is 0 Å². The second-order valence-electron chi connectivity index (χ2n) is 5.29. The van der Waals surface area contributed by atoms with E-state index in [1.807, 2.05) is 0 Å². The van der Waals surface area contributed by atoms with Gasteiger partial charge in [-0.1, -0.05) is 0 Å². The van der Waals surface area contributed by atoms with Crippen molar-refractivity contribution in [1.29, 1.82) is 0 Å². The zero-order valence-electron chi connectivity index (χ0n) is 11.0. The first-order valence-corrected chi connectivity index (χ1v) is 5.86. The summed E-state index contributed by atoms with van der Waals surface area (Å²) in [6.45, 7) is 5.38. The summed E-state index contributed by atoms with van der Waals surface area (Å²) in [5.41, 5.74) is 0.607. The highest BCUT2D eigenvalue weighted by Crippen LogP contribution is 2.19. The molecule has 0 unspecified atom stereocenters. The first kappa shape index (κ1) is 13.1. The van der Waals surface area contributed by atoms with Gasteiger partial charge in [0.1, 0.15) is 11.3 Å². The Bertz CT molecular complexity index is 649. The zero-order valence-corrected chi connectivity index (χ0v) is 11.0. The number of H-pyrrole nitrogens is 1. The summed E-state index contributed by atoms with van der Waals surface area (Å²) < 4.78 is 5.26. The largest absolute Gasteiger partial charge is 0.477 e. The smallest absolute Gasteiger partial charge is 0.352 e. The topological polar surface area (TPSA) is 79.4 Å². The van der Waals surface area contributed by atoms with Gasteiger partial charge < -0.3 is 14.8 Å². The van der Waals surface area contributed by atoms with Crippen molar-refractivity contribution < 1.29 is 19.4 Å². The molecule has 0 aliphatic rings. The van der Waals surface area contributed by atoms with Crippen molar-refractivity contribution in [3.8, 4) is 0 Å². The monoisotopic (exact) mass is 261 g/mol. The maximum absolute atomic E-state index is 11.9. The second kappa shape index (κ2) is 4.42. The van der Waals surface area contributed by atoms with Gasteiger partial charge in [-0.05, 0) is 45.0 Å². The van der Waals surface area contributed by atoms with Gasteiger partial charge in [0.15, 0.2) is 0 Å². The van der Waals surface area contributed by atoms with E-state index in [4.69, 9.17) is 9.84 Å². The number of hydrogen-bond donors (Lipinski definition) is 2. The Labute approximate surface area is 110 Å². The van der Waals surface area contributed by atoms with Gasteiger partial charge in [0.05, 0.1) is 5.56 Å². The number of rotatable bonds is 2. The number of carbonyl (C=O) groups excluding carboxylic acids is 1. The molecule has 0 saturated carbocycles. The van der Waals surface area contributed by atoms with Crippen LogP contribution in [0.4, 0.5) is 0 Å². The molecule has 0 aliphatic carbocycles. The Kier molecular flexibility index (Phi) is 3.06. The highest BCUT2D eigenvalue weighted by Gasteiger charge is 2.18. The Morgan fingerprint density at radius 3 is 2.47 bits per heavy atom. The van der Waals surface area contributed by atoms with Crippen LogP contribution in [0.25, 0.3) is 10.9 Å². The number of hydrogen-bond acceptors (Lipinski definition) is 3. The molecule has 0 spiro atoms. The van der Waals surface area contributed by atoms with Gasteiger partial charge in [-0.2, -0.15) is 0 Å². The van der Waals surface area contributed by atoms with Crippen LogP contribution in [0.3, 0.4) is 0 Å². The van der Waals surface area contributed by atoms with Crippen molar-refractivity contribution in [1.82, 2.24) is 4.98 Å². The van der Waals surface area contributed by atoms with Gasteiger partial charge in [0.25, 0.3) is 0 Å². The second-order valence-corrected chi connectivity index (χ2v) is 5.29. The molecule has 2 rings (SSSR count).